The third kappa shape index (κ3) is 3.73. The van der Waals surface area contributed by atoms with Gasteiger partial charge in [0.25, 0.3) is 0 Å². The summed E-state index contributed by atoms with van der Waals surface area (Å²) < 4.78 is 28.1. The van der Waals surface area contributed by atoms with E-state index in [4.69, 9.17) is 15.7 Å². The molecular weight excluding hydrogens is 240 g/mol. The van der Waals surface area contributed by atoms with E-state index in [0.29, 0.717) is 11.3 Å². The zero-order chi connectivity index (χ0) is 12.9. The smallest absolute Gasteiger partial charge is 0.156 e. The summed E-state index contributed by atoms with van der Waals surface area (Å²) in [5.41, 5.74) is 6.57. The number of hydrogen-bond donors (Lipinski definition) is 1. The zero-order valence-corrected chi connectivity index (χ0v) is 10.3. The largest absolute Gasteiger partial charge is 0.398 e. The minimum atomic E-state index is -3.28. The number of nitrogens with two attached hydrogens (primary N) is 1. The average Bonchev–Trinajstić information content (AvgIpc) is 2.26. The van der Waals surface area contributed by atoms with Crippen molar-refractivity contribution in [2.45, 2.75) is 5.75 Å². The van der Waals surface area contributed by atoms with Crippen molar-refractivity contribution in [3.05, 3.63) is 29.3 Å². The summed E-state index contributed by atoms with van der Waals surface area (Å²) in [7, 11) is -1.84. The minimum Gasteiger partial charge on any atom is -0.398 e. The van der Waals surface area contributed by atoms with Gasteiger partial charge in [-0.3, -0.25) is 0 Å². The fourth-order valence-electron chi connectivity index (χ4n) is 1.40. The summed E-state index contributed by atoms with van der Waals surface area (Å²) in [6, 6.07) is 6.73. The summed E-state index contributed by atoms with van der Waals surface area (Å²) >= 11 is 0. The fourth-order valence-corrected chi connectivity index (χ4v) is 2.68. The highest BCUT2D eigenvalue weighted by molar-refractivity contribution is 7.90. The van der Waals surface area contributed by atoms with Gasteiger partial charge in [0.2, 0.25) is 0 Å². The third-order valence-electron chi connectivity index (χ3n) is 2.27. The van der Waals surface area contributed by atoms with Gasteiger partial charge in [-0.25, -0.2) is 8.42 Å². The Labute approximate surface area is 101 Å². The van der Waals surface area contributed by atoms with Gasteiger partial charge in [-0.05, 0) is 11.6 Å². The molecule has 0 aromatic heterocycles. The van der Waals surface area contributed by atoms with Crippen LogP contribution >= 0.6 is 0 Å². The molecule has 1 rings (SSSR count). The van der Waals surface area contributed by atoms with E-state index >= 15 is 0 Å². The van der Waals surface area contributed by atoms with Gasteiger partial charge in [0.05, 0.1) is 23.7 Å². The Balaban J connectivity index is 2.97. The average molecular weight is 254 g/mol. The maximum Gasteiger partial charge on any atom is 0.156 e. The number of methoxy groups -OCH3 is 1. The Hall–Kier alpha value is -1.58. The second-order valence-electron chi connectivity index (χ2n) is 3.58. The number of anilines is 1. The summed E-state index contributed by atoms with van der Waals surface area (Å²) in [5, 5.41) is 8.92. The van der Waals surface area contributed by atoms with Gasteiger partial charge >= 0.3 is 0 Å². The van der Waals surface area contributed by atoms with Gasteiger partial charge in [0.15, 0.2) is 9.84 Å². The molecule has 1 aromatic carbocycles. The lowest BCUT2D eigenvalue weighted by atomic mass is 10.1. The predicted molar refractivity (Wildman–Crippen MR) is 64.9 cm³/mol. The highest BCUT2D eigenvalue weighted by Crippen LogP contribution is 2.18. The normalized spacial score (nSPS) is 11.1. The number of ether oxygens (including phenoxy) is 1. The van der Waals surface area contributed by atoms with E-state index in [1.165, 1.54) is 7.11 Å². The molecule has 92 valence electrons. The van der Waals surface area contributed by atoms with Crippen molar-refractivity contribution in [3.63, 3.8) is 0 Å². The molecule has 0 atom stereocenters. The molecule has 0 unspecified atom stereocenters. The van der Waals surface area contributed by atoms with Gasteiger partial charge in [-0.2, -0.15) is 5.26 Å². The number of benzene rings is 1. The van der Waals surface area contributed by atoms with E-state index in [0.717, 1.165) is 0 Å². The molecule has 0 aliphatic heterocycles. The second-order valence-corrected chi connectivity index (χ2v) is 5.76. The Bertz CT molecular complexity index is 532. The molecule has 0 saturated heterocycles. The van der Waals surface area contributed by atoms with Gasteiger partial charge in [-0.1, -0.05) is 12.1 Å². The monoisotopic (exact) mass is 254 g/mol. The van der Waals surface area contributed by atoms with E-state index in [-0.39, 0.29) is 23.7 Å². The third-order valence-corrected chi connectivity index (χ3v) is 3.81. The summed E-state index contributed by atoms with van der Waals surface area (Å²) in [6.07, 6.45) is 0. The van der Waals surface area contributed by atoms with Crippen LogP contribution in [0.1, 0.15) is 11.1 Å². The van der Waals surface area contributed by atoms with Crippen LogP contribution in [0.2, 0.25) is 0 Å². The van der Waals surface area contributed by atoms with Crippen LogP contribution in [0.4, 0.5) is 5.69 Å². The Kier molecular flexibility index (Phi) is 4.49. The predicted octanol–water partition coefficient (Wildman–Crippen LogP) is 0.702. The molecule has 6 heteroatoms. The molecule has 0 heterocycles. The first kappa shape index (κ1) is 13.5. The molecule has 0 fully saturated rings. The number of nitrogens with zero attached hydrogens (tertiary/aromatic N) is 1. The lowest BCUT2D eigenvalue weighted by Gasteiger charge is -2.07. The van der Waals surface area contributed by atoms with Crippen LogP contribution < -0.4 is 5.73 Å². The molecule has 0 aliphatic rings. The van der Waals surface area contributed by atoms with Gasteiger partial charge in [0, 0.05) is 12.8 Å². The first-order valence-corrected chi connectivity index (χ1v) is 6.79. The van der Waals surface area contributed by atoms with Gasteiger partial charge in [-0.15, -0.1) is 0 Å². The Morgan fingerprint density at radius 3 is 2.76 bits per heavy atom. The summed E-state index contributed by atoms with van der Waals surface area (Å²) in [4.78, 5) is 0. The van der Waals surface area contributed by atoms with Crippen molar-refractivity contribution in [2.24, 2.45) is 0 Å². The van der Waals surface area contributed by atoms with Gasteiger partial charge < -0.3 is 10.5 Å². The SMILES string of the molecule is COCCS(=O)(=O)Cc1cccc(N)c1C#N. The minimum absolute atomic E-state index is 0.0663. The molecule has 0 bridgehead atoms. The molecule has 2 N–H and O–H groups in total. The topological polar surface area (TPSA) is 93.2 Å². The highest BCUT2D eigenvalue weighted by Gasteiger charge is 2.15. The number of nitriles is 1. The van der Waals surface area contributed by atoms with Crippen LogP contribution in [0, 0.1) is 11.3 Å². The van der Waals surface area contributed by atoms with Crippen molar-refractivity contribution in [2.75, 3.05) is 25.2 Å². The number of rotatable bonds is 5. The van der Waals surface area contributed by atoms with E-state index < -0.39 is 9.84 Å². The van der Waals surface area contributed by atoms with E-state index in [2.05, 4.69) is 0 Å². The Morgan fingerprint density at radius 2 is 2.18 bits per heavy atom. The standard InChI is InChI=1S/C11H14N2O3S/c1-16-5-6-17(14,15)8-9-3-2-4-11(13)10(9)7-12/h2-4H,5-6,8,13H2,1H3. The summed E-state index contributed by atoms with van der Waals surface area (Å²) in [5.74, 6) is -0.256. The number of sulfone groups is 1. The molecule has 0 amide bonds. The molecule has 0 aliphatic carbocycles. The number of nitrogen functional groups attached to an aromatic ring is 1. The molecular formula is C11H14N2O3S. The molecule has 0 saturated carbocycles. The molecule has 17 heavy (non-hydrogen) atoms. The molecule has 0 radical (unpaired) electrons. The fraction of sp³-hybridized carbons (Fsp3) is 0.364. The van der Waals surface area contributed by atoms with Crippen LogP contribution in [0.25, 0.3) is 0 Å². The van der Waals surface area contributed by atoms with Crippen molar-refractivity contribution >= 4 is 15.5 Å². The molecule has 1 aromatic rings. The van der Waals surface area contributed by atoms with E-state index in [9.17, 15) is 8.42 Å². The van der Waals surface area contributed by atoms with Gasteiger partial charge in [0.1, 0.15) is 6.07 Å². The Morgan fingerprint density at radius 1 is 1.47 bits per heavy atom. The van der Waals surface area contributed by atoms with E-state index in [1.807, 2.05) is 6.07 Å². The van der Waals surface area contributed by atoms with E-state index in [1.54, 1.807) is 18.2 Å². The van der Waals surface area contributed by atoms with Crippen LogP contribution in [-0.4, -0.2) is 27.9 Å². The van der Waals surface area contributed by atoms with Crippen molar-refractivity contribution in [1.29, 1.82) is 5.26 Å². The van der Waals surface area contributed by atoms with Crippen LogP contribution in [0.3, 0.4) is 0 Å². The second kappa shape index (κ2) is 5.66. The molecule has 5 nitrogen and oxygen atoms in total. The number of hydrogen-bond acceptors (Lipinski definition) is 5. The molecule has 0 spiro atoms. The lowest BCUT2D eigenvalue weighted by molar-refractivity contribution is 0.217. The van der Waals surface area contributed by atoms with Crippen LogP contribution in [-0.2, 0) is 20.3 Å². The van der Waals surface area contributed by atoms with Crippen molar-refractivity contribution < 1.29 is 13.2 Å². The van der Waals surface area contributed by atoms with Crippen LogP contribution in [0.15, 0.2) is 18.2 Å². The highest BCUT2D eigenvalue weighted by atomic mass is 32.2. The maximum absolute atomic E-state index is 11.7. The zero-order valence-electron chi connectivity index (χ0n) is 9.51. The first-order valence-electron chi connectivity index (χ1n) is 4.97. The van der Waals surface area contributed by atoms with Crippen LogP contribution in [0.5, 0.6) is 0 Å². The lowest BCUT2D eigenvalue weighted by Crippen LogP contribution is -2.14. The first-order chi connectivity index (χ1) is 8.00. The van der Waals surface area contributed by atoms with Crippen molar-refractivity contribution in [3.8, 4) is 6.07 Å². The maximum atomic E-state index is 11.7. The summed E-state index contributed by atoms with van der Waals surface area (Å²) in [6.45, 7) is 0.145. The van der Waals surface area contributed by atoms with Crippen molar-refractivity contribution in [1.82, 2.24) is 0 Å². The quantitative estimate of drug-likeness (QED) is 0.781.